The summed E-state index contributed by atoms with van der Waals surface area (Å²) in [4.78, 5) is 13.3. The highest BCUT2D eigenvalue weighted by Gasteiger charge is 2.13. The van der Waals surface area contributed by atoms with Gasteiger partial charge in [-0.2, -0.15) is 0 Å². The summed E-state index contributed by atoms with van der Waals surface area (Å²) in [5.41, 5.74) is 9.79. The molecule has 0 aliphatic rings. The second-order valence-corrected chi connectivity index (χ2v) is 7.93. The van der Waals surface area contributed by atoms with Crippen molar-refractivity contribution in [2.24, 2.45) is 0 Å². The Balaban J connectivity index is 1.52. The molecule has 0 bridgehead atoms. The molecule has 3 aromatic carbocycles. The standard InChI is InChI=1S/C24H21N3O2S/c25-13-18-10-19(27-23(28)15-29-14-16-6-2-1-3-7-16)12-20(24(18)26)22-11-17-8-4-5-9-21(17)30-22/h1-13,25H,14-15,26H2,(H,27,28). The van der Waals surface area contributed by atoms with E-state index in [0.29, 0.717) is 23.5 Å². The molecule has 0 radical (unpaired) electrons. The van der Waals surface area contributed by atoms with Gasteiger partial charge in [0.1, 0.15) is 6.61 Å². The molecule has 1 aromatic heterocycles. The SMILES string of the molecule is N=Cc1cc(NC(=O)COCc2ccccc2)cc(-c2cc3ccccc3s2)c1N. The van der Waals surface area contributed by atoms with Crippen LogP contribution in [0.5, 0.6) is 0 Å². The fourth-order valence-electron chi connectivity index (χ4n) is 3.22. The summed E-state index contributed by atoms with van der Waals surface area (Å²) in [6.07, 6.45) is 1.20. The molecule has 4 rings (SSSR count). The van der Waals surface area contributed by atoms with Crippen LogP contribution >= 0.6 is 11.3 Å². The van der Waals surface area contributed by atoms with E-state index in [1.54, 1.807) is 17.4 Å². The summed E-state index contributed by atoms with van der Waals surface area (Å²) in [5.74, 6) is -0.256. The third-order valence-corrected chi connectivity index (χ3v) is 5.84. The lowest BCUT2D eigenvalue weighted by molar-refractivity contribution is -0.121. The van der Waals surface area contributed by atoms with Crippen LogP contribution in [-0.4, -0.2) is 18.7 Å². The minimum absolute atomic E-state index is 0.0581. The molecule has 0 saturated heterocycles. The molecule has 30 heavy (non-hydrogen) atoms. The van der Waals surface area contributed by atoms with Crippen LogP contribution in [0.3, 0.4) is 0 Å². The van der Waals surface area contributed by atoms with E-state index >= 15 is 0 Å². The summed E-state index contributed by atoms with van der Waals surface area (Å²) in [6.45, 7) is 0.312. The normalized spacial score (nSPS) is 10.8. The van der Waals surface area contributed by atoms with E-state index in [9.17, 15) is 4.79 Å². The quantitative estimate of drug-likeness (QED) is 0.283. The smallest absolute Gasteiger partial charge is 0.250 e. The van der Waals surface area contributed by atoms with Crippen molar-refractivity contribution in [1.82, 2.24) is 0 Å². The molecule has 4 aromatic rings. The number of ether oxygens (including phenoxy) is 1. The fourth-order valence-corrected chi connectivity index (χ4v) is 4.31. The molecule has 6 heteroatoms. The van der Waals surface area contributed by atoms with Crippen LogP contribution in [0.2, 0.25) is 0 Å². The Morgan fingerprint density at radius 1 is 1.07 bits per heavy atom. The van der Waals surface area contributed by atoms with Gasteiger partial charge in [-0.15, -0.1) is 11.3 Å². The number of benzene rings is 3. The Hall–Kier alpha value is -3.48. The van der Waals surface area contributed by atoms with E-state index in [1.807, 2.05) is 48.5 Å². The molecule has 150 valence electrons. The maximum Gasteiger partial charge on any atom is 0.250 e. The summed E-state index contributed by atoms with van der Waals surface area (Å²) in [6, 6.07) is 23.4. The molecule has 1 heterocycles. The predicted molar refractivity (Wildman–Crippen MR) is 124 cm³/mol. The second-order valence-electron chi connectivity index (χ2n) is 6.85. The van der Waals surface area contributed by atoms with Crippen molar-refractivity contribution in [3.8, 4) is 10.4 Å². The number of rotatable bonds is 7. The van der Waals surface area contributed by atoms with Crippen LogP contribution < -0.4 is 11.1 Å². The molecule has 5 nitrogen and oxygen atoms in total. The molecule has 0 aliphatic carbocycles. The van der Waals surface area contributed by atoms with E-state index in [4.69, 9.17) is 15.9 Å². The third-order valence-electron chi connectivity index (χ3n) is 4.69. The zero-order valence-corrected chi connectivity index (χ0v) is 17.0. The molecule has 0 aliphatic heterocycles. The van der Waals surface area contributed by atoms with Gasteiger partial charge in [-0.1, -0.05) is 48.5 Å². The maximum absolute atomic E-state index is 12.4. The van der Waals surface area contributed by atoms with Gasteiger partial charge in [0.15, 0.2) is 0 Å². The lowest BCUT2D eigenvalue weighted by Crippen LogP contribution is -2.18. The van der Waals surface area contributed by atoms with Crippen molar-refractivity contribution in [3.63, 3.8) is 0 Å². The van der Waals surface area contributed by atoms with Crippen molar-refractivity contribution in [3.05, 3.63) is 83.9 Å². The summed E-state index contributed by atoms with van der Waals surface area (Å²) < 4.78 is 6.67. The third kappa shape index (κ3) is 4.40. The van der Waals surface area contributed by atoms with E-state index in [-0.39, 0.29) is 12.5 Å². The van der Waals surface area contributed by atoms with Crippen LogP contribution in [0.4, 0.5) is 11.4 Å². The lowest BCUT2D eigenvalue weighted by Gasteiger charge is -2.12. The summed E-state index contributed by atoms with van der Waals surface area (Å²) >= 11 is 1.63. The molecule has 0 atom stereocenters. The van der Waals surface area contributed by atoms with Crippen LogP contribution in [0.1, 0.15) is 11.1 Å². The van der Waals surface area contributed by atoms with Gasteiger partial charge in [0.25, 0.3) is 0 Å². The van der Waals surface area contributed by atoms with Crippen LogP contribution in [-0.2, 0) is 16.1 Å². The number of anilines is 2. The number of carbonyl (C=O) groups is 1. The van der Waals surface area contributed by atoms with Gasteiger partial charge in [0.05, 0.1) is 6.61 Å². The number of hydrogen-bond acceptors (Lipinski definition) is 5. The molecule has 1 amide bonds. The molecule has 0 spiro atoms. The number of amides is 1. The molecular weight excluding hydrogens is 394 g/mol. The zero-order chi connectivity index (χ0) is 20.9. The average Bonchev–Trinajstić information content (AvgIpc) is 3.19. The molecule has 0 unspecified atom stereocenters. The van der Waals surface area contributed by atoms with Gasteiger partial charge in [0.2, 0.25) is 5.91 Å². The van der Waals surface area contributed by atoms with Gasteiger partial charge in [0, 0.05) is 38.3 Å². The predicted octanol–water partition coefficient (Wildman–Crippen LogP) is 5.30. The Labute approximate surface area is 178 Å². The lowest BCUT2D eigenvalue weighted by atomic mass is 10.0. The highest BCUT2D eigenvalue weighted by molar-refractivity contribution is 7.22. The number of carbonyl (C=O) groups excluding carboxylic acids is 1. The highest BCUT2D eigenvalue weighted by atomic mass is 32.1. The average molecular weight is 416 g/mol. The zero-order valence-electron chi connectivity index (χ0n) is 16.2. The first-order valence-electron chi connectivity index (χ1n) is 9.48. The first-order chi connectivity index (χ1) is 14.6. The fraction of sp³-hybridized carbons (Fsp3) is 0.0833. The first-order valence-corrected chi connectivity index (χ1v) is 10.3. The first kappa shape index (κ1) is 19.8. The molecule has 0 saturated carbocycles. The monoisotopic (exact) mass is 415 g/mol. The van der Waals surface area contributed by atoms with Crippen LogP contribution in [0.15, 0.2) is 72.8 Å². The van der Waals surface area contributed by atoms with Crippen molar-refractivity contribution in [2.75, 3.05) is 17.7 Å². The largest absolute Gasteiger partial charge is 0.398 e. The molecular formula is C24H21N3O2S. The number of nitrogens with one attached hydrogen (secondary N) is 2. The van der Waals surface area contributed by atoms with Gasteiger partial charge in [-0.25, -0.2) is 0 Å². The Bertz CT molecular complexity index is 1170. The van der Waals surface area contributed by atoms with Crippen LogP contribution in [0, 0.1) is 5.41 Å². The van der Waals surface area contributed by atoms with Crippen molar-refractivity contribution < 1.29 is 9.53 Å². The molecule has 4 N–H and O–H groups in total. The van der Waals surface area contributed by atoms with Gasteiger partial charge >= 0.3 is 0 Å². The van der Waals surface area contributed by atoms with Gasteiger partial charge < -0.3 is 21.2 Å². The molecule has 0 fully saturated rings. The second kappa shape index (κ2) is 8.90. The number of thiophene rings is 1. The van der Waals surface area contributed by atoms with Gasteiger partial charge in [-0.3, -0.25) is 4.79 Å². The number of nitrogens with two attached hydrogens (primary N) is 1. The van der Waals surface area contributed by atoms with Gasteiger partial charge in [-0.05, 0) is 35.2 Å². The number of fused-ring (bicyclic) bond motifs is 1. The van der Waals surface area contributed by atoms with E-state index in [1.165, 1.54) is 6.21 Å². The van der Waals surface area contributed by atoms with E-state index < -0.39 is 0 Å². The summed E-state index contributed by atoms with van der Waals surface area (Å²) in [7, 11) is 0. The minimum atomic E-state index is -0.256. The van der Waals surface area contributed by atoms with E-state index in [0.717, 1.165) is 26.1 Å². The number of nitrogen functional groups attached to an aromatic ring is 1. The maximum atomic E-state index is 12.4. The highest BCUT2D eigenvalue weighted by Crippen LogP contribution is 2.38. The topological polar surface area (TPSA) is 88.2 Å². The van der Waals surface area contributed by atoms with Crippen molar-refractivity contribution in [1.29, 1.82) is 5.41 Å². The Kier molecular flexibility index (Phi) is 5.88. The van der Waals surface area contributed by atoms with Crippen molar-refractivity contribution >= 4 is 44.9 Å². The van der Waals surface area contributed by atoms with E-state index in [2.05, 4.69) is 23.5 Å². The minimum Gasteiger partial charge on any atom is -0.398 e. The Morgan fingerprint density at radius 3 is 2.60 bits per heavy atom. The van der Waals surface area contributed by atoms with Crippen LogP contribution in [0.25, 0.3) is 20.5 Å². The van der Waals surface area contributed by atoms with Crippen molar-refractivity contribution in [2.45, 2.75) is 6.61 Å². The summed E-state index contributed by atoms with van der Waals surface area (Å²) in [5, 5.41) is 11.7. The number of hydrogen-bond donors (Lipinski definition) is 3. The Morgan fingerprint density at radius 2 is 1.83 bits per heavy atom.